The van der Waals surface area contributed by atoms with Gasteiger partial charge >= 0.3 is 0 Å². The summed E-state index contributed by atoms with van der Waals surface area (Å²) < 4.78 is 12.9. The third kappa shape index (κ3) is 3.01. The van der Waals surface area contributed by atoms with Gasteiger partial charge in [-0.3, -0.25) is 9.78 Å². The van der Waals surface area contributed by atoms with Gasteiger partial charge in [-0.2, -0.15) is 0 Å². The van der Waals surface area contributed by atoms with Crippen molar-refractivity contribution in [3.05, 3.63) is 58.9 Å². The average molecular weight is 266 g/mol. The van der Waals surface area contributed by atoms with Crippen LogP contribution in [0.2, 0.25) is 5.02 Å². The number of carbonyl (C=O) groups excluding carboxylic acids is 1. The molecule has 2 rings (SSSR count). The van der Waals surface area contributed by atoms with Gasteiger partial charge in [0, 0.05) is 18.9 Å². The average Bonchev–Trinajstić information content (AvgIpc) is 2.41. The largest absolute Gasteiger partial charge is 0.347 e. The van der Waals surface area contributed by atoms with E-state index in [-0.39, 0.29) is 23.2 Å². The predicted molar refractivity (Wildman–Crippen MR) is 64.6 cm³/mol. The van der Waals surface area contributed by atoms with Gasteiger partial charge in [-0.1, -0.05) is 17.7 Å². The molecule has 0 saturated carbocycles. The molecule has 0 aliphatic rings. The molecule has 0 bridgehead atoms. The third-order valence-corrected chi connectivity index (χ3v) is 2.52. The molecule has 0 radical (unpaired) electrons. The van der Waals surface area contributed by atoms with Crippen LogP contribution in [0.1, 0.15) is 16.1 Å². The number of nitrogens with one attached hydrogen (secondary N) is 1. The van der Waals surface area contributed by atoms with Crippen LogP contribution in [0.4, 0.5) is 4.39 Å². The maximum atomic E-state index is 12.9. The fraction of sp³-hybridized carbons (Fsp3) is 0.0833. The number of hydrogen-bond donors (Lipinski definition) is 1. The summed E-state index contributed by atoms with van der Waals surface area (Å²) in [6.07, 6.45) is 4.28. The number of carbonyl (C=O) groups is 1. The molecule has 18 heavy (non-hydrogen) atoms. The Morgan fingerprint density at radius 2 is 2.22 bits per heavy atom. The van der Waals surface area contributed by atoms with E-state index in [4.69, 9.17) is 11.6 Å². The lowest BCUT2D eigenvalue weighted by atomic mass is 10.2. The fourth-order valence-corrected chi connectivity index (χ4v) is 1.54. The molecule has 1 N–H and O–H groups in total. The highest BCUT2D eigenvalue weighted by atomic mass is 35.5. The van der Waals surface area contributed by atoms with Crippen molar-refractivity contribution in [1.82, 2.24) is 15.3 Å². The quantitative estimate of drug-likeness (QED) is 0.926. The minimum Gasteiger partial charge on any atom is -0.347 e. The predicted octanol–water partition coefficient (Wildman–Crippen LogP) is 2.20. The lowest BCUT2D eigenvalue weighted by Gasteiger charge is -2.05. The van der Waals surface area contributed by atoms with Crippen molar-refractivity contribution in [2.24, 2.45) is 0 Å². The Morgan fingerprint density at radius 1 is 1.39 bits per heavy atom. The fourth-order valence-electron chi connectivity index (χ4n) is 1.34. The lowest BCUT2D eigenvalue weighted by molar-refractivity contribution is 0.0945. The first-order chi connectivity index (χ1) is 8.66. The van der Waals surface area contributed by atoms with Crippen LogP contribution in [-0.4, -0.2) is 15.9 Å². The van der Waals surface area contributed by atoms with Gasteiger partial charge in [0.1, 0.15) is 11.5 Å². The highest BCUT2D eigenvalue weighted by molar-refractivity contribution is 6.30. The van der Waals surface area contributed by atoms with Gasteiger partial charge in [-0.25, -0.2) is 9.37 Å². The number of rotatable bonds is 3. The summed E-state index contributed by atoms with van der Waals surface area (Å²) >= 11 is 5.64. The first-order valence-electron chi connectivity index (χ1n) is 5.15. The molecule has 1 aromatic heterocycles. The minimum absolute atomic E-state index is 0.0289. The summed E-state index contributed by atoms with van der Waals surface area (Å²) in [5.74, 6) is -0.829. The van der Waals surface area contributed by atoms with Crippen LogP contribution < -0.4 is 5.32 Å². The van der Waals surface area contributed by atoms with Crippen molar-refractivity contribution in [1.29, 1.82) is 0 Å². The Morgan fingerprint density at radius 3 is 2.89 bits per heavy atom. The van der Waals surface area contributed by atoms with Crippen molar-refractivity contribution in [3.8, 4) is 0 Å². The zero-order valence-corrected chi connectivity index (χ0v) is 9.99. The molecule has 0 fully saturated rings. The Balaban J connectivity index is 1.99. The maximum absolute atomic E-state index is 12.9. The summed E-state index contributed by atoms with van der Waals surface area (Å²) in [5.41, 5.74) is 0.935. The van der Waals surface area contributed by atoms with Gasteiger partial charge in [0.15, 0.2) is 0 Å². The third-order valence-electron chi connectivity index (χ3n) is 2.23. The zero-order chi connectivity index (χ0) is 13.0. The molecule has 0 aliphatic heterocycles. The van der Waals surface area contributed by atoms with E-state index in [0.29, 0.717) is 5.56 Å². The zero-order valence-electron chi connectivity index (χ0n) is 9.23. The number of halogens is 2. The van der Waals surface area contributed by atoms with Gasteiger partial charge in [0.05, 0.1) is 11.2 Å². The molecule has 2 aromatic rings. The van der Waals surface area contributed by atoms with Crippen LogP contribution in [0.3, 0.4) is 0 Å². The molecular weight excluding hydrogens is 257 g/mol. The first kappa shape index (κ1) is 12.4. The molecule has 0 atom stereocenters. The second kappa shape index (κ2) is 5.55. The summed E-state index contributed by atoms with van der Waals surface area (Å²) in [4.78, 5) is 19.3. The number of hydrogen-bond acceptors (Lipinski definition) is 3. The second-order valence-corrected chi connectivity index (χ2v) is 3.93. The van der Waals surface area contributed by atoms with Crippen molar-refractivity contribution in [2.45, 2.75) is 6.54 Å². The Kier molecular flexibility index (Phi) is 3.84. The van der Waals surface area contributed by atoms with Gasteiger partial charge in [-0.15, -0.1) is 0 Å². The van der Waals surface area contributed by atoms with Crippen molar-refractivity contribution < 1.29 is 9.18 Å². The highest BCUT2D eigenvalue weighted by Gasteiger charge is 2.07. The number of amides is 1. The molecule has 0 saturated heterocycles. The van der Waals surface area contributed by atoms with Crippen molar-refractivity contribution in [2.75, 3.05) is 0 Å². The maximum Gasteiger partial charge on any atom is 0.271 e. The van der Waals surface area contributed by atoms with E-state index in [9.17, 15) is 9.18 Å². The van der Waals surface area contributed by atoms with Crippen molar-refractivity contribution >= 4 is 17.5 Å². The van der Waals surface area contributed by atoms with E-state index in [1.54, 1.807) is 6.07 Å². The molecule has 0 unspecified atom stereocenters. The summed E-state index contributed by atoms with van der Waals surface area (Å²) in [7, 11) is 0. The van der Waals surface area contributed by atoms with Gasteiger partial charge < -0.3 is 5.32 Å². The second-order valence-electron chi connectivity index (χ2n) is 3.52. The first-order valence-corrected chi connectivity index (χ1v) is 5.53. The van der Waals surface area contributed by atoms with Gasteiger partial charge in [0.25, 0.3) is 5.91 Å². The van der Waals surface area contributed by atoms with E-state index < -0.39 is 5.82 Å². The number of nitrogens with zero attached hydrogens (tertiary/aromatic N) is 2. The Hall–Kier alpha value is -2.01. The van der Waals surface area contributed by atoms with Crippen LogP contribution >= 0.6 is 11.6 Å². The summed E-state index contributed by atoms with van der Waals surface area (Å²) in [5, 5.41) is 2.67. The monoisotopic (exact) mass is 265 g/mol. The molecular formula is C12H9ClFN3O. The molecule has 92 valence electrons. The van der Waals surface area contributed by atoms with Gasteiger partial charge in [0.2, 0.25) is 0 Å². The van der Waals surface area contributed by atoms with E-state index in [1.807, 2.05) is 0 Å². The topological polar surface area (TPSA) is 54.9 Å². The Bertz CT molecular complexity index is 563. The van der Waals surface area contributed by atoms with Crippen LogP contribution in [0.15, 0.2) is 36.8 Å². The lowest BCUT2D eigenvalue weighted by Crippen LogP contribution is -2.23. The highest BCUT2D eigenvalue weighted by Crippen LogP contribution is 2.15. The SMILES string of the molecule is O=C(NCc1ccc(F)c(Cl)c1)c1cnccn1. The van der Waals surface area contributed by atoms with Crippen LogP contribution in [0, 0.1) is 5.82 Å². The molecule has 4 nitrogen and oxygen atoms in total. The standard InChI is InChI=1S/C12H9ClFN3O/c13-9-5-8(1-2-10(9)14)6-17-12(18)11-7-15-3-4-16-11/h1-5,7H,6H2,(H,17,18). The summed E-state index contributed by atoms with van der Waals surface area (Å²) in [6, 6.07) is 4.28. The van der Waals surface area contributed by atoms with Crippen LogP contribution in [0.25, 0.3) is 0 Å². The smallest absolute Gasteiger partial charge is 0.271 e. The molecule has 6 heteroatoms. The molecule has 1 amide bonds. The molecule has 0 aliphatic carbocycles. The van der Waals surface area contributed by atoms with E-state index in [2.05, 4.69) is 15.3 Å². The molecule has 1 heterocycles. The van der Waals surface area contributed by atoms with Gasteiger partial charge in [-0.05, 0) is 17.7 Å². The minimum atomic E-state index is -0.485. The van der Waals surface area contributed by atoms with E-state index in [1.165, 1.54) is 30.7 Å². The molecule has 0 spiro atoms. The van der Waals surface area contributed by atoms with E-state index in [0.717, 1.165) is 0 Å². The van der Waals surface area contributed by atoms with Crippen molar-refractivity contribution in [3.63, 3.8) is 0 Å². The number of benzene rings is 1. The van der Waals surface area contributed by atoms with Crippen LogP contribution in [0.5, 0.6) is 0 Å². The van der Waals surface area contributed by atoms with E-state index >= 15 is 0 Å². The Labute approximate surface area is 108 Å². The normalized spacial score (nSPS) is 10.1. The number of aromatic nitrogens is 2. The van der Waals surface area contributed by atoms with Crippen LogP contribution in [-0.2, 0) is 6.54 Å². The molecule has 1 aromatic carbocycles. The summed E-state index contributed by atoms with van der Waals surface area (Å²) in [6.45, 7) is 0.245.